The van der Waals surface area contributed by atoms with Gasteiger partial charge in [-0.3, -0.25) is 9.59 Å². The second kappa shape index (κ2) is 9.47. The summed E-state index contributed by atoms with van der Waals surface area (Å²) in [6, 6.07) is 1.86. The Morgan fingerprint density at radius 1 is 1.03 bits per heavy atom. The molecule has 3 N–H and O–H groups in total. The van der Waals surface area contributed by atoms with Gasteiger partial charge in [-0.05, 0) is 70.8 Å². The number of amides is 3. The molecule has 10 heteroatoms. The highest BCUT2D eigenvalue weighted by atomic mass is 19.2. The van der Waals surface area contributed by atoms with Gasteiger partial charge in [-0.2, -0.15) is 0 Å². The smallest absolute Gasteiger partial charge is 0.410 e. The average molecular weight is 491 g/mol. The second-order valence-electron chi connectivity index (χ2n) is 10.7. The maximum atomic E-state index is 13.6. The van der Waals surface area contributed by atoms with E-state index >= 15 is 0 Å². The van der Waals surface area contributed by atoms with Crippen molar-refractivity contribution in [1.29, 1.82) is 0 Å². The summed E-state index contributed by atoms with van der Waals surface area (Å²) in [5.41, 5.74) is 0.149. The van der Waals surface area contributed by atoms with Gasteiger partial charge in [-0.25, -0.2) is 13.6 Å². The molecule has 1 aliphatic carbocycles. The summed E-state index contributed by atoms with van der Waals surface area (Å²) in [6.45, 7) is 6.88. The standard InChI is InChI=1S/C25H32F2N4O4/c1-24(2,3)35-23(34)31-10-8-25(9-11-31)6-4-15(5-7-25)29-21(32)22(33)30-20-14-28-19-13-18(27)17(26)12-16(19)20/h12-15,28H,4-11H2,1-3H3,(H,29,32)(H,30,33). The number of fused-ring (bicyclic) bond motifs is 1. The highest BCUT2D eigenvalue weighted by Gasteiger charge is 2.40. The zero-order chi connectivity index (χ0) is 25.4. The molecule has 8 nitrogen and oxygen atoms in total. The number of carbonyl (C=O) groups excluding carboxylic acids is 3. The molecular weight excluding hydrogens is 458 g/mol. The molecule has 190 valence electrons. The topological polar surface area (TPSA) is 104 Å². The van der Waals surface area contributed by atoms with Crippen LogP contribution in [0.25, 0.3) is 10.9 Å². The first-order valence-electron chi connectivity index (χ1n) is 12.0. The number of piperidine rings is 1. The highest BCUT2D eigenvalue weighted by molar-refractivity contribution is 6.40. The summed E-state index contributed by atoms with van der Waals surface area (Å²) in [7, 11) is 0. The lowest BCUT2D eigenvalue weighted by Gasteiger charge is -2.46. The SMILES string of the molecule is CC(C)(C)OC(=O)N1CCC2(CCC(NC(=O)C(=O)Nc3c[nH]c4cc(F)c(F)cc34)CC2)CC1. The van der Waals surface area contributed by atoms with Gasteiger partial charge in [0.05, 0.1) is 11.2 Å². The van der Waals surface area contributed by atoms with E-state index in [2.05, 4.69) is 15.6 Å². The van der Waals surface area contributed by atoms with Gasteiger partial charge >= 0.3 is 17.9 Å². The van der Waals surface area contributed by atoms with Crippen molar-refractivity contribution in [2.75, 3.05) is 18.4 Å². The number of anilines is 1. The zero-order valence-corrected chi connectivity index (χ0v) is 20.3. The normalized spacial score (nSPS) is 18.5. The van der Waals surface area contributed by atoms with Crippen LogP contribution in [0, 0.1) is 17.0 Å². The molecule has 1 aromatic heterocycles. The molecule has 0 bridgehead atoms. The molecule has 4 rings (SSSR count). The van der Waals surface area contributed by atoms with E-state index in [1.165, 1.54) is 6.20 Å². The summed E-state index contributed by atoms with van der Waals surface area (Å²) in [6.07, 6.45) is 6.23. The van der Waals surface area contributed by atoms with Crippen LogP contribution in [0.3, 0.4) is 0 Å². The van der Waals surface area contributed by atoms with Gasteiger partial charge in [0, 0.05) is 36.8 Å². The molecule has 2 heterocycles. The van der Waals surface area contributed by atoms with E-state index in [9.17, 15) is 23.2 Å². The van der Waals surface area contributed by atoms with Gasteiger partial charge in [0.2, 0.25) is 0 Å². The summed E-state index contributed by atoms with van der Waals surface area (Å²) in [5.74, 6) is -3.66. The zero-order valence-electron chi connectivity index (χ0n) is 20.3. The Morgan fingerprint density at radius 2 is 1.66 bits per heavy atom. The van der Waals surface area contributed by atoms with Crippen LogP contribution in [0.4, 0.5) is 19.3 Å². The van der Waals surface area contributed by atoms with Crippen molar-refractivity contribution in [3.05, 3.63) is 30.0 Å². The lowest BCUT2D eigenvalue weighted by molar-refractivity contribution is -0.136. The Labute approximate surface area is 202 Å². The Balaban J connectivity index is 1.25. The number of rotatable bonds is 2. The lowest BCUT2D eigenvalue weighted by Crippen LogP contribution is -2.49. The molecule has 0 radical (unpaired) electrons. The number of carbonyl (C=O) groups is 3. The number of likely N-dealkylation sites (tertiary alicyclic amines) is 1. The molecule has 1 saturated carbocycles. The van der Waals surface area contributed by atoms with Gasteiger partial charge < -0.3 is 25.3 Å². The fraction of sp³-hybridized carbons (Fsp3) is 0.560. The summed E-state index contributed by atoms with van der Waals surface area (Å²) < 4.78 is 32.4. The predicted octanol–water partition coefficient (Wildman–Crippen LogP) is 4.46. The highest BCUT2D eigenvalue weighted by Crippen LogP contribution is 2.44. The van der Waals surface area contributed by atoms with E-state index < -0.39 is 29.0 Å². The van der Waals surface area contributed by atoms with Gasteiger partial charge in [-0.15, -0.1) is 0 Å². The molecule has 1 aliphatic heterocycles. The van der Waals surface area contributed by atoms with Crippen LogP contribution in [0.5, 0.6) is 0 Å². The van der Waals surface area contributed by atoms with E-state index in [0.717, 1.165) is 50.7 Å². The van der Waals surface area contributed by atoms with E-state index in [1.807, 2.05) is 20.8 Å². The first-order chi connectivity index (χ1) is 16.4. The van der Waals surface area contributed by atoms with Crippen molar-refractivity contribution in [3.63, 3.8) is 0 Å². The fourth-order valence-corrected chi connectivity index (χ4v) is 5.01. The van der Waals surface area contributed by atoms with Crippen LogP contribution in [0.15, 0.2) is 18.3 Å². The molecule has 1 saturated heterocycles. The first-order valence-corrected chi connectivity index (χ1v) is 12.0. The number of ether oxygens (including phenoxy) is 1. The molecule has 2 aliphatic rings. The Bertz CT molecular complexity index is 1120. The monoisotopic (exact) mass is 490 g/mol. The largest absolute Gasteiger partial charge is 0.444 e. The number of benzene rings is 1. The van der Waals surface area contributed by atoms with E-state index in [4.69, 9.17) is 4.74 Å². The van der Waals surface area contributed by atoms with E-state index in [0.29, 0.717) is 18.6 Å². The van der Waals surface area contributed by atoms with E-state index in [1.54, 1.807) is 4.90 Å². The molecule has 3 amide bonds. The van der Waals surface area contributed by atoms with Crippen molar-refractivity contribution in [3.8, 4) is 0 Å². The minimum Gasteiger partial charge on any atom is -0.444 e. The number of hydrogen-bond donors (Lipinski definition) is 3. The molecular formula is C25H32F2N4O4. The van der Waals surface area contributed by atoms with Crippen LogP contribution in [0.2, 0.25) is 0 Å². The minimum atomic E-state index is -1.04. The Kier molecular flexibility index (Phi) is 6.75. The van der Waals surface area contributed by atoms with Gasteiger partial charge in [0.25, 0.3) is 0 Å². The third kappa shape index (κ3) is 5.74. The summed E-state index contributed by atoms with van der Waals surface area (Å²) in [5, 5.41) is 5.54. The quantitative estimate of drug-likeness (QED) is 0.541. The molecule has 1 spiro atoms. The average Bonchev–Trinajstić information content (AvgIpc) is 3.16. The molecule has 2 aromatic rings. The number of nitrogens with one attached hydrogen (secondary N) is 3. The van der Waals surface area contributed by atoms with Gasteiger partial charge in [0.15, 0.2) is 11.6 Å². The third-order valence-electron chi connectivity index (χ3n) is 7.03. The van der Waals surface area contributed by atoms with Crippen molar-refractivity contribution in [2.45, 2.75) is 70.9 Å². The predicted molar refractivity (Wildman–Crippen MR) is 127 cm³/mol. The van der Waals surface area contributed by atoms with Gasteiger partial charge in [-0.1, -0.05) is 0 Å². The van der Waals surface area contributed by atoms with Crippen LogP contribution in [-0.2, 0) is 14.3 Å². The van der Waals surface area contributed by atoms with E-state index in [-0.39, 0.29) is 28.6 Å². The number of H-pyrrole nitrogens is 1. The second-order valence-corrected chi connectivity index (χ2v) is 10.7. The molecule has 0 unspecified atom stereocenters. The lowest BCUT2D eigenvalue weighted by atomic mass is 9.67. The fourth-order valence-electron chi connectivity index (χ4n) is 5.01. The third-order valence-corrected chi connectivity index (χ3v) is 7.03. The number of hydrogen-bond acceptors (Lipinski definition) is 4. The molecule has 1 aromatic carbocycles. The first kappa shape index (κ1) is 24.9. The molecule has 35 heavy (non-hydrogen) atoms. The van der Waals surface area contributed by atoms with Crippen LogP contribution in [-0.4, -0.2) is 52.5 Å². The Morgan fingerprint density at radius 3 is 2.29 bits per heavy atom. The van der Waals surface area contributed by atoms with Crippen molar-refractivity contribution >= 4 is 34.5 Å². The van der Waals surface area contributed by atoms with Crippen molar-refractivity contribution in [2.24, 2.45) is 5.41 Å². The number of halogens is 2. The van der Waals surface area contributed by atoms with Crippen LogP contribution < -0.4 is 10.6 Å². The number of aromatic amines is 1. The maximum Gasteiger partial charge on any atom is 0.410 e. The molecule has 2 fully saturated rings. The van der Waals surface area contributed by atoms with Crippen LogP contribution in [0.1, 0.15) is 59.3 Å². The summed E-state index contributed by atoms with van der Waals surface area (Å²) in [4.78, 5) is 41.7. The maximum absolute atomic E-state index is 13.6. The van der Waals surface area contributed by atoms with Crippen molar-refractivity contribution in [1.82, 2.24) is 15.2 Å². The number of nitrogens with zero attached hydrogens (tertiary/aromatic N) is 1. The molecule has 0 atom stereocenters. The number of aromatic nitrogens is 1. The Hall–Kier alpha value is -3.17. The summed E-state index contributed by atoms with van der Waals surface area (Å²) >= 11 is 0. The van der Waals surface area contributed by atoms with Crippen LogP contribution >= 0.6 is 0 Å². The minimum absolute atomic E-state index is 0.114. The van der Waals surface area contributed by atoms with Gasteiger partial charge in [0.1, 0.15) is 5.60 Å². The van der Waals surface area contributed by atoms with Crippen molar-refractivity contribution < 1.29 is 27.9 Å².